The Morgan fingerprint density at radius 1 is 1.34 bits per heavy atom. The van der Waals surface area contributed by atoms with Crippen molar-refractivity contribution in [2.75, 3.05) is 19.3 Å². The number of carbonyl (C=O) groups excluding carboxylic acids is 1. The lowest BCUT2D eigenvalue weighted by molar-refractivity contribution is -0.117. The zero-order valence-corrected chi connectivity index (χ0v) is 17.7. The molecule has 1 aliphatic rings. The fraction of sp³-hybridized carbons (Fsp3) is 0.368. The molecule has 1 fully saturated rings. The van der Waals surface area contributed by atoms with Crippen molar-refractivity contribution in [1.29, 1.82) is 0 Å². The van der Waals surface area contributed by atoms with Crippen LogP contribution in [-0.2, 0) is 14.8 Å². The third-order valence-corrected chi connectivity index (χ3v) is 6.35. The van der Waals surface area contributed by atoms with E-state index < -0.39 is 10.0 Å². The standard InChI is InChI=1S/C19H22ClFN4O3S/c1-13-17(19(20)25(23-13)16-7-5-14(21)6-8-16)9-10-18(26)22-15-4-3-11-24(12-15)29(2,27)28/h5-10,15H,3-4,11-12H2,1-2H3,(H,22,26)/b10-9+. The summed E-state index contributed by atoms with van der Waals surface area (Å²) in [5.74, 6) is -0.696. The van der Waals surface area contributed by atoms with E-state index >= 15 is 0 Å². The van der Waals surface area contributed by atoms with Gasteiger partial charge in [0.1, 0.15) is 11.0 Å². The maximum absolute atomic E-state index is 13.1. The topological polar surface area (TPSA) is 84.3 Å². The molecular formula is C19H22ClFN4O3S. The first kappa shape index (κ1) is 21.5. The molecule has 0 bridgehead atoms. The van der Waals surface area contributed by atoms with Gasteiger partial charge in [0.05, 0.1) is 17.6 Å². The Labute approximate surface area is 174 Å². The van der Waals surface area contributed by atoms with Gasteiger partial charge < -0.3 is 5.32 Å². The molecule has 7 nitrogen and oxygen atoms in total. The molecule has 156 valence electrons. The van der Waals surface area contributed by atoms with E-state index in [1.54, 1.807) is 25.1 Å². The van der Waals surface area contributed by atoms with Crippen LogP contribution in [0.1, 0.15) is 24.1 Å². The van der Waals surface area contributed by atoms with E-state index in [-0.39, 0.29) is 24.3 Å². The van der Waals surface area contributed by atoms with Crippen LogP contribution in [0, 0.1) is 12.7 Å². The Balaban J connectivity index is 1.70. The number of carbonyl (C=O) groups is 1. The van der Waals surface area contributed by atoms with E-state index in [0.717, 1.165) is 0 Å². The second-order valence-electron chi connectivity index (χ2n) is 6.98. The molecule has 2 aromatic rings. The number of nitrogens with zero attached hydrogens (tertiary/aromatic N) is 3. The maximum atomic E-state index is 13.1. The average Bonchev–Trinajstić information content (AvgIpc) is 2.94. The quantitative estimate of drug-likeness (QED) is 0.724. The van der Waals surface area contributed by atoms with E-state index in [0.29, 0.717) is 41.5 Å². The average molecular weight is 441 g/mol. The number of hydrogen-bond acceptors (Lipinski definition) is 4. The molecule has 1 unspecified atom stereocenters. The molecule has 29 heavy (non-hydrogen) atoms. The van der Waals surface area contributed by atoms with Crippen LogP contribution in [0.4, 0.5) is 4.39 Å². The highest BCUT2D eigenvalue weighted by Crippen LogP contribution is 2.25. The number of hydrogen-bond donors (Lipinski definition) is 1. The number of nitrogens with one attached hydrogen (secondary N) is 1. The summed E-state index contributed by atoms with van der Waals surface area (Å²) < 4.78 is 39.4. The van der Waals surface area contributed by atoms with Crippen molar-refractivity contribution in [2.45, 2.75) is 25.8 Å². The molecule has 1 N–H and O–H groups in total. The number of sulfonamides is 1. The molecule has 1 saturated heterocycles. The Kier molecular flexibility index (Phi) is 6.40. The smallest absolute Gasteiger partial charge is 0.244 e. The minimum Gasteiger partial charge on any atom is -0.348 e. The molecule has 0 aliphatic carbocycles. The van der Waals surface area contributed by atoms with Crippen LogP contribution in [0.3, 0.4) is 0 Å². The molecule has 0 radical (unpaired) electrons. The molecule has 10 heteroatoms. The number of aryl methyl sites for hydroxylation is 1. The third-order valence-electron chi connectivity index (χ3n) is 4.72. The Hall–Kier alpha value is -2.23. The highest BCUT2D eigenvalue weighted by atomic mass is 35.5. The maximum Gasteiger partial charge on any atom is 0.244 e. The van der Waals surface area contributed by atoms with Crippen LogP contribution < -0.4 is 5.32 Å². The van der Waals surface area contributed by atoms with E-state index in [1.165, 1.54) is 33.5 Å². The Morgan fingerprint density at radius 2 is 2.03 bits per heavy atom. The molecule has 1 amide bonds. The van der Waals surface area contributed by atoms with E-state index in [4.69, 9.17) is 11.6 Å². The van der Waals surface area contributed by atoms with Crippen molar-refractivity contribution in [3.8, 4) is 5.69 Å². The molecule has 1 aromatic carbocycles. The highest BCUT2D eigenvalue weighted by molar-refractivity contribution is 7.88. The number of halogens is 2. The van der Waals surface area contributed by atoms with Gasteiger partial charge in [0, 0.05) is 30.8 Å². The first-order valence-corrected chi connectivity index (χ1v) is 11.3. The van der Waals surface area contributed by atoms with Crippen molar-refractivity contribution in [3.63, 3.8) is 0 Å². The van der Waals surface area contributed by atoms with Gasteiger partial charge in [-0.3, -0.25) is 4.79 Å². The number of benzene rings is 1. The molecule has 1 aliphatic heterocycles. The number of amides is 1. The van der Waals surface area contributed by atoms with Gasteiger partial charge in [-0.05, 0) is 50.1 Å². The van der Waals surface area contributed by atoms with E-state index in [1.807, 2.05) is 0 Å². The normalized spacial score (nSPS) is 18.3. The van der Waals surface area contributed by atoms with Crippen LogP contribution >= 0.6 is 11.6 Å². The fourth-order valence-electron chi connectivity index (χ4n) is 3.22. The second kappa shape index (κ2) is 8.64. The van der Waals surface area contributed by atoms with Gasteiger partial charge in [0.15, 0.2) is 0 Å². The molecule has 0 saturated carbocycles. The second-order valence-corrected chi connectivity index (χ2v) is 9.32. The van der Waals surface area contributed by atoms with Gasteiger partial charge in [0.2, 0.25) is 15.9 Å². The van der Waals surface area contributed by atoms with Gasteiger partial charge >= 0.3 is 0 Å². The Morgan fingerprint density at radius 3 is 2.69 bits per heavy atom. The van der Waals surface area contributed by atoms with Crippen molar-refractivity contribution in [2.24, 2.45) is 0 Å². The number of rotatable bonds is 5. The minimum atomic E-state index is -3.28. The number of aromatic nitrogens is 2. The van der Waals surface area contributed by atoms with Crippen LogP contribution in [0.15, 0.2) is 30.3 Å². The van der Waals surface area contributed by atoms with E-state index in [2.05, 4.69) is 10.4 Å². The molecular weight excluding hydrogens is 419 g/mol. The van der Waals surface area contributed by atoms with Crippen LogP contribution in [0.5, 0.6) is 0 Å². The molecule has 2 heterocycles. The lowest BCUT2D eigenvalue weighted by Crippen LogP contribution is -2.48. The monoisotopic (exact) mass is 440 g/mol. The summed E-state index contributed by atoms with van der Waals surface area (Å²) in [5.41, 5.74) is 1.79. The van der Waals surface area contributed by atoms with Gasteiger partial charge in [-0.2, -0.15) is 5.10 Å². The zero-order chi connectivity index (χ0) is 21.2. The summed E-state index contributed by atoms with van der Waals surface area (Å²) in [5, 5.41) is 7.48. The molecule has 1 aromatic heterocycles. The van der Waals surface area contributed by atoms with Crippen molar-refractivity contribution in [3.05, 3.63) is 52.6 Å². The van der Waals surface area contributed by atoms with Crippen LogP contribution in [-0.4, -0.2) is 53.8 Å². The lowest BCUT2D eigenvalue weighted by atomic mass is 10.1. The van der Waals surface area contributed by atoms with Gasteiger partial charge in [-0.25, -0.2) is 21.8 Å². The van der Waals surface area contributed by atoms with E-state index in [9.17, 15) is 17.6 Å². The lowest BCUT2D eigenvalue weighted by Gasteiger charge is -2.31. The molecule has 1 atom stereocenters. The number of piperidine rings is 1. The summed E-state index contributed by atoms with van der Waals surface area (Å²) in [4.78, 5) is 12.3. The minimum absolute atomic E-state index is 0.242. The van der Waals surface area contributed by atoms with Gasteiger partial charge in [-0.1, -0.05) is 11.6 Å². The van der Waals surface area contributed by atoms with Crippen molar-refractivity contribution < 1.29 is 17.6 Å². The van der Waals surface area contributed by atoms with Gasteiger partial charge in [-0.15, -0.1) is 0 Å². The Bertz CT molecular complexity index is 1030. The molecule has 3 rings (SSSR count). The highest BCUT2D eigenvalue weighted by Gasteiger charge is 2.26. The predicted octanol–water partition coefficient (Wildman–Crippen LogP) is 2.53. The summed E-state index contributed by atoms with van der Waals surface area (Å²) in [7, 11) is -3.28. The summed E-state index contributed by atoms with van der Waals surface area (Å²) in [6.45, 7) is 2.49. The van der Waals surface area contributed by atoms with Crippen molar-refractivity contribution in [1.82, 2.24) is 19.4 Å². The van der Waals surface area contributed by atoms with Crippen LogP contribution in [0.25, 0.3) is 11.8 Å². The summed E-state index contributed by atoms with van der Waals surface area (Å²) in [6.07, 6.45) is 5.49. The zero-order valence-electron chi connectivity index (χ0n) is 16.1. The SMILES string of the molecule is Cc1nn(-c2ccc(F)cc2)c(Cl)c1/C=C/C(=O)NC1CCCN(S(C)(=O)=O)C1. The van der Waals surface area contributed by atoms with Gasteiger partial charge in [0.25, 0.3) is 0 Å². The first-order valence-electron chi connectivity index (χ1n) is 9.10. The van der Waals surface area contributed by atoms with Crippen molar-refractivity contribution >= 4 is 33.6 Å². The summed E-state index contributed by atoms with van der Waals surface area (Å²) >= 11 is 6.40. The third kappa shape index (κ3) is 5.23. The summed E-state index contributed by atoms with van der Waals surface area (Å²) in [6, 6.07) is 5.51. The predicted molar refractivity (Wildman–Crippen MR) is 110 cm³/mol. The first-order chi connectivity index (χ1) is 13.6. The fourth-order valence-corrected chi connectivity index (χ4v) is 4.47. The largest absolute Gasteiger partial charge is 0.348 e. The van der Waals surface area contributed by atoms with Crippen LogP contribution in [0.2, 0.25) is 5.15 Å². The molecule has 0 spiro atoms.